The molecule has 0 aliphatic heterocycles. The number of aryl methyl sites for hydroxylation is 1. The second kappa shape index (κ2) is 7.70. The molecule has 3 heteroatoms. The molecule has 0 saturated carbocycles. The van der Waals surface area contributed by atoms with Gasteiger partial charge in [-0.1, -0.05) is 44.2 Å². The predicted molar refractivity (Wildman–Crippen MR) is 113 cm³/mol. The van der Waals surface area contributed by atoms with Gasteiger partial charge in [0.05, 0.1) is 0 Å². The molecule has 0 aliphatic rings. The highest BCUT2D eigenvalue weighted by atomic mass is 127. The molecule has 0 saturated heterocycles. The number of benzene rings is 2. The highest BCUT2D eigenvalue weighted by molar-refractivity contribution is 14.1. The normalized spacial score (nSPS) is 11.5. The number of para-hydroxylation sites is 1. The van der Waals surface area contributed by atoms with Crippen molar-refractivity contribution in [2.24, 2.45) is 5.73 Å². The van der Waals surface area contributed by atoms with Crippen LogP contribution in [0.4, 0.5) is 0 Å². The molecule has 0 radical (unpaired) electrons. The summed E-state index contributed by atoms with van der Waals surface area (Å²) in [6, 6.07) is 15.4. The number of hydrogen-bond acceptors (Lipinski definition) is 1. The number of H-pyrrole nitrogens is 1. The Kier molecular flexibility index (Phi) is 5.61. The first kappa shape index (κ1) is 17.5. The van der Waals surface area contributed by atoms with E-state index >= 15 is 0 Å². The number of fused-ring (bicyclic) bond motifs is 1. The van der Waals surface area contributed by atoms with E-state index in [-0.39, 0.29) is 0 Å². The monoisotopic (exact) mass is 432 g/mol. The van der Waals surface area contributed by atoms with Gasteiger partial charge in [0.15, 0.2) is 0 Å². The van der Waals surface area contributed by atoms with Crippen LogP contribution in [-0.4, -0.2) is 11.5 Å². The zero-order valence-corrected chi connectivity index (χ0v) is 16.6. The van der Waals surface area contributed by atoms with E-state index in [9.17, 15) is 0 Å². The molecule has 2 nitrogen and oxygen atoms in total. The first-order chi connectivity index (χ1) is 11.6. The van der Waals surface area contributed by atoms with Crippen LogP contribution in [0, 0.1) is 3.57 Å². The number of unbranched alkanes of at least 4 members (excludes halogenated alkanes) is 1. The Morgan fingerprint density at radius 1 is 1.08 bits per heavy atom. The number of aromatic nitrogens is 1. The van der Waals surface area contributed by atoms with Crippen molar-refractivity contribution in [2.45, 2.75) is 39.0 Å². The number of aromatic amines is 1. The van der Waals surface area contributed by atoms with Gasteiger partial charge in [0.2, 0.25) is 0 Å². The van der Waals surface area contributed by atoms with Gasteiger partial charge in [-0.2, -0.15) is 0 Å². The maximum atomic E-state index is 5.70. The minimum atomic E-state index is 0.507. The van der Waals surface area contributed by atoms with Gasteiger partial charge in [-0.15, -0.1) is 0 Å². The standard InChI is InChI=1S/C21H25IN2/c1-14(2)17-10-6-11-19-18(9-3-4-12-23)20(24-21(17)19)15-7-5-8-16(22)13-15/h5-8,10-11,13-14,24H,3-4,9,12,23H2,1-2H3. The van der Waals surface area contributed by atoms with Crippen molar-refractivity contribution in [3.05, 3.63) is 57.2 Å². The molecule has 0 fully saturated rings. The fourth-order valence-electron chi connectivity index (χ4n) is 3.37. The lowest BCUT2D eigenvalue weighted by Gasteiger charge is -2.07. The Morgan fingerprint density at radius 3 is 2.58 bits per heavy atom. The Bertz CT molecular complexity index is 833. The highest BCUT2D eigenvalue weighted by Crippen LogP contribution is 2.35. The SMILES string of the molecule is CC(C)c1cccc2c(CCCCN)c(-c3cccc(I)c3)[nH]c12. The second-order valence-corrected chi connectivity index (χ2v) is 7.90. The Balaban J connectivity index is 2.18. The molecule has 0 atom stereocenters. The van der Waals surface area contributed by atoms with E-state index in [2.05, 4.69) is 83.9 Å². The maximum absolute atomic E-state index is 5.70. The summed E-state index contributed by atoms with van der Waals surface area (Å²) >= 11 is 2.38. The number of rotatable bonds is 6. The van der Waals surface area contributed by atoms with Crippen LogP contribution in [0.25, 0.3) is 22.2 Å². The molecule has 0 unspecified atom stereocenters. The predicted octanol–water partition coefficient (Wildman–Crippen LogP) is 5.84. The fraction of sp³-hybridized carbons (Fsp3) is 0.333. The zero-order valence-electron chi connectivity index (χ0n) is 14.4. The Hall–Kier alpha value is -1.33. The third kappa shape index (κ3) is 3.52. The molecule has 126 valence electrons. The molecule has 2 aromatic carbocycles. The molecule has 0 amide bonds. The quantitative estimate of drug-likeness (QED) is 0.373. The number of nitrogens with two attached hydrogens (primary N) is 1. The molecular weight excluding hydrogens is 407 g/mol. The molecule has 3 aromatic rings. The molecule has 1 heterocycles. The van der Waals surface area contributed by atoms with E-state index < -0.39 is 0 Å². The van der Waals surface area contributed by atoms with Crippen LogP contribution in [0.5, 0.6) is 0 Å². The van der Waals surface area contributed by atoms with Crippen molar-refractivity contribution < 1.29 is 0 Å². The molecule has 24 heavy (non-hydrogen) atoms. The summed E-state index contributed by atoms with van der Waals surface area (Å²) in [6.45, 7) is 5.28. The van der Waals surface area contributed by atoms with Gasteiger partial charge in [-0.05, 0) is 83.1 Å². The third-order valence-corrected chi connectivity index (χ3v) is 5.26. The minimum absolute atomic E-state index is 0.507. The van der Waals surface area contributed by atoms with Gasteiger partial charge in [-0.25, -0.2) is 0 Å². The first-order valence-electron chi connectivity index (χ1n) is 8.71. The van der Waals surface area contributed by atoms with Crippen molar-refractivity contribution in [1.82, 2.24) is 4.98 Å². The smallest absolute Gasteiger partial charge is 0.0497 e. The summed E-state index contributed by atoms with van der Waals surface area (Å²) < 4.78 is 1.26. The topological polar surface area (TPSA) is 41.8 Å². The second-order valence-electron chi connectivity index (χ2n) is 6.66. The summed E-state index contributed by atoms with van der Waals surface area (Å²) in [4.78, 5) is 3.75. The lowest BCUT2D eigenvalue weighted by Crippen LogP contribution is -1.99. The van der Waals surface area contributed by atoms with Crippen molar-refractivity contribution in [3.8, 4) is 11.3 Å². The largest absolute Gasteiger partial charge is 0.354 e. The van der Waals surface area contributed by atoms with Gasteiger partial charge in [-0.3, -0.25) is 0 Å². The molecular formula is C21H25IN2. The van der Waals surface area contributed by atoms with Crippen molar-refractivity contribution in [2.75, 3.05) is 6.54 Å². The molecule has 3 N–H and O–H groups in total. The van der Waals surface area contributed by atoms with Crippen LogP contribution in [0.15, 0.2) is 42.5 Å². The molecule has 0 aliphatic carbocycles. The van der Waals surface area contributed by atoms with Crippen molar-refractivity contribution in [1.29, 1.82) is 0 Å². The zero-order chi connectivity index (χ0) is 17.1. The van der Waals surface area contributed by atoms with E-state index in [1.807, 2.05) is 0 Å². The molecule has 3 rings (SSSR count). The van der Waals surface area contributed by atoms with Crippen molar-refractivity contribution in [3.63, 3.8) is 0 Å². The van der Waals surface area contributed by atoms with Gasteiger partial charge in [0, 0.05) is 20.2 Å². The summed E-state index contributed by atoms with van der Waals surface area (Å²) in [5, 5.41) is 1.37. The fourth-order valence-corrected chi connectivity index (χ4v) is 3.92. The summed E-state index contributed by atoms with van der Waals surface area (Å²) in [7, 11) is 0. The van der Waals surface area contributed by atoms with E-state index in [4.69, 9.17) is 5.73 Å². The van der Waals surface area contributed by atoms with Gasteiger partial charge in [0.25, 0.3) is 0 Å². The van der Waals surface area contributed by atoms with Gasteiger partial charge >= 0.3 is 0 Å². The number of halogens is 1. The van der Waals surface area contributed by atoms with Gasteiger partial charge in [0.1, 0.15) is 0 Å². The van der Waals surface area contributed by atoms with E-state index in [1.165, 1.54) is 36.9 Å². The lowest BCUT2D eigenvalue weighted by molar-refractivity contribution is 0.748. The molecule has 0 spiro atoms. The van der Waals surface area contributed by atoms with Crippen LogP contribution < -0.4 is 5.73 Å². The van der Waals surface area contributed by atoms with Crippen LogP contribution in [0.1, 0.15) is 43.7 Å². The van der Waals surface area contributed by atoms with E-state index in [0.29, 0.717) is 5.92 Å². The summed E-state index contributed by atoms with van der Waals surface area (Å²) in [5.74, 6) is 0.507. The highest BCUT2D eigenvalue weighted by Gasteiger charge is 2.16. The Morgan fingerprint density at radius 2 is 1.88 bits per heavy atom. The molecule has 1 aromatic heterocycles. The lowest BCUT2D eigenvalue weighted by atomic mass is 9.97. The van der Waals surface area contributed by atoms with Crippen LogP contribution in [-0.2, 0) is 6.42 Å². The van der Waals surface area contributed by atoms with E-state index in [0.717, 1.165) is 25.8 Å². The van der Waals surface area contributed by atoms with E-state index in [1.54, 1.807) is 0 Å². The summed E-state index contributed by atoms with van der Waals surface area (Å²) in [5.41, 5.74) is 12.4. The first-order valence-corrected chi connectivity index (χ1v) is 9.79. The van der Waals surface area contributed by atoms with Gasteiger partial charge < -0.3 is 10.7 Å². The maximum Gasteiger partial charge on any atom is 0.0497 e. The summed E-state index contributed by atoms with van der Waals surface area (Å²) in [6.07, 6.45) is 3.27. The van der Waals surface area contributed by atoms with Crippen LogP contribution in [0.2, 0.25) is 0 Å². The number of nitrogens with one attached hydrogen (secondary N) is 1. The molecule has 0 bridgehead atoms. The van der Waals surface area contributed by atoms with Crippen LogP contribution >= 0.6 is 22.6 Å². The van der Waals surface area contributed by atoms with Crippen LogP contribution in [0.3, 0.4) is 0 Å². The number of hydrogen-bond donors (Lipinski definition) is 2. The average molecular weight is 432 g/mol. The average Bonchev–Trinajstić information content (AvgIpc) is 2.94. The minimum Gasteiger partial charge on any atom is -0.354 e. The van der Waals surface area contributed by atoms with Crippen molar-refractivity contribution >= 4 is 33.5 Å². The third-order valence-electron chi connectivity index (χ3n) is 4.59. The Labute approximate surface area is 158 Å².